The molecule has 0 fully saturated rings. The van der Waals surface area contributed by atoms with Crippen LogP contribution in [0.4, 0.5) is 10.1 Å². The van der Waals surface area contributed by atoms with E-state index in [-0.39, 0.29) is 29.5 Å². The third-order valence-electron chi connectivity index (χ3n) is 7.23. The minimum absolute atomic E-state index is 0.00890. The first-order valence-electron chi connectivity index (χ1n) is 14.9. The number of likely N-dealkylation sites (N-methyl/N-ethyl adjacent to an activating group) is 1. The van der Waals surface area contributed by atoms with Gasteiger partial charge in [0.25, 0.3) is 10.0 Å². The Morgan fingerprint density at radius 2 is 1.52 bits per heavy atom. The number of sulfonamides is 1. The van der Waals surface area contributed by atoms with Crippen molar-refractivity contribution in [1.29, 1.82) is 0 Å². The molecule has 46 heavy (non-hydrogen) atoms. The first kappa shape index (κ1) is 34.0. The second-order valence-corrected chi connectivity index (χ2v) is 12.2. The maximum absolute atomic E-state index is 14.4. The molecule has 11 heteroatoms. The van der Waals surface area contributed by atoms with Crippen molar-refractivity contribution in [3.8, 4) is 11.5 Å². The van der Waals surface area contributed by atoms with Crippen LogP contribution in [0.25, 0.3) is 0 Å². The summed E-state index contributed by atoms with van der Waals surface area (Å²) in [5.41, 5.74) is 1.58. The first-order chi connectivity index (χ1) is 22.2. The van der Waals surface area contributed by atoms with E-state index < -0.39 is 34.3 Å². The van der Waals surface area contributed by atoms with Crippen LogP contribution >= 0.6 is 0 Å². The summed E-state index contributed by atoms with van der Waals surface area (Å²) in [6, 6.07) is 26.1. The Labute approximate surface area is 269 Å². The van der Waals surface area contributed by atoms with Gasteiger partial charge in [-0.3, -0.25) is 13.9 Å². The highest BCUT2D eigenvalue weighted by Gasteiger charge is 2.34. The maximum atomic E-state index is 14.4. The number of hydrogen-bond donors (Lipinski definition) is 1. The van der Waals surface area contributed by atoms with Crippen LogP contribution in [0.3, 0.4) is 0 Å². The highest BCUT2D eigenvalue weighted by Crippen LogP contribution is 2.27. The van der Waals surface area contributed by atoms with Gasteiger partial charge in [0.05, 0.1) is 24.3 Å². The molecule has 0 aliphatic heterocycles. The Morgan fingerprint density at radius 1 is 0.848 bits per heavy atom. The number of amides is 2. The number of benzene rings is 4. The van der Waals surface area contributed by atoms with Crippen molar-refractivity contribution in [3.05, 3.63) is 120 Å². The number of methoxy groups -OCH3 is 1. The molecule has 4 aromatic carbocycles. The van der Waals surface area contributed by atoms with Crippen molar-refractivity contribution in [1.82, 2.24) is 10.2 Å². The lowest BCUT2D eigenvalue weighted by Crippen LogP contribution is -2.53. The number of carbonyl (C=O) groups excluding carboxylic acids is 2. The Kier molecular flexibility index (Phi) is 11.7. The highest BCUT2D eigenvalue weighted by atomic mass is 32.2. The fourth-order valence-corrected chi connectivity index (χ4v) is 6.37. The van der Waals surface area contributed by atoms with Gasteiger partial charge in [0, 0.05) is 19.5 Å². The summed E-state index contributed by atoms with van der Waals surface area (Å²) in [5.74, 6) is -0.527. The van der Waals surface area contributed by atoms with Gasteiger partial charge in [-0.1, -0.05) is 42.5 Å². The summed E-state index contributed by atoms with van der Waals surface area (Å²) in [6.45, 7) is 3.67. The Morgan fingerprint density at radius 3 is 2.15 bits per heavy atom. The molecule has 0 saturated heterocycles. The van der Waals surface area contributed by atoms with E-state index >= 15 is 0 Å². The second kappa shape index (κ2) is 15.9. The SMILES string of the molecule is CCNC(=O)[C@@H](Cc1ccccc1)N(Cc1cccc(OC)c1)C(=O)CN(c1ccc(F)cc1)S(=O)(=O)c1ccc(OCC)cc1. The lowest BCUT2D eigenvalue weighted by atomic mass is 10.0. The van der Waals surface area contributed by atoms with Crippen molar-refractivity contribution in [2.45, 2.75) is 37.8 Å². The molecule has 1 atom stereocenters. The lowest BCUT2D eigenvalue weighted by molar-refractivity contribution is -0.140. The number of rotatable bonds is 15. The summed E-state index contributed by atoms with van der Waals surface area (Å²) < 4.78 is 53.9. The van der Waals surface area contributed by atoms with Crippen molar-refractivity contribution < 1.29 is 31.9 Å². The monoisotopic (exact) mass is 647 g/mol. The molecule has 0 spiro atoms. The third-order valence-corrected chi connectivity index (χ3v) is 9.01. The molecule has 4 aromatic rings. The lowest BCUT2D eigenvalue weighted by Gasteiger charge is -2.34. The molecule has 2 amide bonds. The van der Waals surface area contributed by atoms with Gasteiger partial charge in [-0.15, -0.1) is 0 Å². The molecule has 0 aromatic heterocycles. The van der Waals surface area contributed by atoms with Gasteiger partial charge in [-0.2, -0.15) is 0 Å². The molecule has 0 saturated carbocycles. The zero-order valence-corrected chi connectivity index (χ0v) is 26.9. The van der Waals surface area contributed by atoms with Crippen molar-refractivity contribution in [3.63, 3.8) is 0 Å². The van der Waals surface area contributed by atoms with Gasteiger partial charge in [-0.25, -0.2) is 12.8 Å². The van der Waals surface area contributed by atoms with Crippen LogP contribution in [0.2, 0.25) is 0 Å². The van der Waals surface area contributed by atoms with Gasteiger partial charge >= 0.3 is 0 Å². The molecular formula is C35H38FN3O6S. The van der Waals surface area contributed by atoms with Crippen LogP contribution in [-0.2, 0) is 32.6 Å². The van der Waals surface area contributed by atoms with E-state index in [2.05, 4.69) is 5.32 Å². The summed E-state index contributed by atoms with van der Waals surface area (Å²) in [6.07, 6.45) is 0.185. The molecular weight excluding hydrogens is 609 g/mol. The summed E-state index contributed by atoms with van der Waals surface area (Å²) in [7, 11) is -2.81. The number of halogens is 1. The van der Waals surface area contributed by atoms with E-state index in [1.807, 2.05) is 37.3 Å². The maximum Gasteiger partial charge on any atom is 0.264 e. The molecule has 9 nitrogen and oxygen atoms in total. The molecule has 0 radical (unpaired) electrons. The topological polar surface area (TPSA) is 105 Å². The zero-order valence-electron chi connectivity index (χ0n) is 26.1. The van der Waals surface area contributed by atoms with Crippen LogP contribution in [0.1, 0.15) is 25.0 Å². The van der Waals surface area contributed by atoms with E-state index in [1.54, 1.807) is 31.2 Å². The first-order valence-corrected chi connectivity index (χ1v) is 16.4. The average molecular weight is 648 g/mol. The average Bonchev–Trinajstić information content (AvgIpc) is 3.06. The molecule has 0 heterocycles. The van der Waals surface area contributed by atoms with Crippen LogP contribution < -0.4 is 19.1 Å². The quantitative estimate of drug-likeness (QED) is 0.190. The van der Waals surface area contributed by atoms with E-state index in [0.29, 0.717) is 30.2 Å². The fraction of sp³-hybridized carbons (Fsp3) is 0.257. The predicted octanol–water partition coefficient (Wildman–Crippen LogP) is 5.20. The van der Waals surface area contributed by atoms with Gasteiger partial charge in [-0.05, 0) is 85.6 Å². The number of ether oxygens (including phenoxy) is 2. The zero-order chi connectivity index (χ0) is 33.1. The van der Waals surface area contributed by atoms with Crippen LogP contribution in [0, 0.1) is 5.82 Å². The number of anilines is 1. The summed E-state index contributed by atoms with van der Waals surface area (Å²) in [5, 5.41) is 2.83. The number of hydrogen-bond acceptors (Lipinski definition) is 6. The van der Waals surface area contributed by atoms with E-state index in [1.165, 1.54) is 48.4 Å². The molecule has 0 aliphatic rings. The minimum Gasteiger partial charge on any atom is -0.497 e. The van der Waals surface area contributed by atoms with E-state index in [9.17, 15) is 22.4 Å². The van der Waals surface area contributed by atoms with Crippen molar-refractivity contribution in [2.75, 3.05) is 31.1 Å². The normalized spacial score (nSPS) is 11.7. The Balaban J connectivity index is 1.79. The number of carbonyl (C=O) groups is 2. The van der Waals surface area contributed by atoms with Crippen LogP contribution in [0.15, 0.2) is 108 Å². The molecule has 0 bridgehead atoms. The van der Waals surface area contributed by atoms with Gasteiger partial charge < -0.3 is 19.7 Å². The smallest absolute Gasteiger partial charge is 0.264 e. The number of nitrogens with zero attached hydrogens (tertiary/aromatic N) is 2. The van der Waals surface area contributed by atoms with Gasteiger partial charge in [0.2, 0.25) is 11.8 Å². The van der Waals surface area contributed by atoms with Crippen molar-refractivity contribution >= 4 is 27.5 Å². The second-order valence-electron chi connectivity index (χ2n) is 10.4. The Hall–Kier alpha value is -4.90. The third kappa shape index (κ3) is 8.63. The minimum atomic E-state index is -4.34. The van der Waals surface area contributed by atoms with Gasteiger partial charge in [0.1, 0.15) is 29.9 Å². The molecule has 4 rings (SSSR count). The molecule has 0 aliphatic carbocycles. The predicted molar refractivity (Wildman–Crippen MR) is 175 cm³/mol. The molecule has 242 valence electrons. The standard InChI is InChI=1S/C35H38FN3O6S/c1-4-37-35(41)33(23-26-10-7-6-8-11-26)38(24-27-12-9-13-31(22-27)44-3)34(40)25-39(29-16-14-28(36)15-17-29)46(42,43)32-20-18-30(19-21-32)45-5-2/h6-22,33H,4-5,23-25H2,1-3H3,(H,37,41)/t33-/m1/s1. The Bertz CT molecular complexity index is 1700. The van der Waals surface area contributed by atoms with Crippen LogP contribution in [0.5, 0.6) is 11.5 Å². The summed E-state index contributed by atoms with van der Waals surface area (Å²) >= 11 is 0. The van der Waals surface area contributed by atoms with Crippen molar-refractivity contribution in [2.24, 2.45) is 0 Å². The fourth-order valence-electron chi connectivity index (χ4n) is 4.95. The van der Waals surface area contributed by atoms with Gasteiger partial charge in [0.15, 0.2) is 0 Å². The molecule has 1 N–H and O–H groups in total. The number of nitrogens with one attached hydrogen (secondary N) is 1. The van der Waals surface area contributed by atoms with Crippen LogP contribution in [-0.4, -0.2) is 58.0 Å². The highest BCUT2D eigenvalue weighted by molar-refractivity contribution is 7.92. The molecule has 0 unspecified atom stereocenters. The largest absolute Gasteiger partial charge is 0.497 e. The summed E-state index contributed by atoms with van der Waals surface area (Å²) in [4.78, 5) is 29.3. The van der Waals surface area contributed by atoms with E-state index in [4.69, 9.17) is 9.47 Å². The van der Waals surface area contributed by atoms with E-state index in [0.717, 1.165) is 22.0 Å².